The summed E-state index contributed by atoms with van der Waals surface area (Å²) in [7, 11) is 0. The molecule has 2 aliphatic rings. The quantitative estimate of drug-likeness (QED) is 0.0595. The zero-order valence-corrected chi connectivity index (χ0v) is 26.5. The summed E-state index contributed by atoms with van der Waals surface area (Å²) in [5.41, 5.74) is 0. The molecule has 2 saturated heterocycles. The third-order valence-electron chi connectivity index (χ3n) is 7.70. The first kappa shape index (κ1) is 41.5. The number of carbonyl (C=O) groups excluding carboxylic acids is 2. The van der Waals surface area contributed by atoms with Gasteiger partial charge in [0, 0.05) is 13.8 Å². The van der Waals surface area contributed by atoms with Crippen LogP contribution in [-0.2, 0) is 38.0 Å². The van der Waals surface area contributed by atoms with E-state index in [0.29, 0.717) is 0 Å². The topological polar surface area (TPSA) is 316 Å². The number of rotatable bonds is 18. The van der Waals surface area contributed by atoms with E-state index in [4.69, 9.17) is 28.4 Å². The molecule has 47 heavy (non-hydrogen) atoms. The van der Waals surface area contributed by atoms with Gasteiger partial charge in [0.05, 0.1) is 51.3 Å². The van der Waals surface area contributed by atoms with Crippen molar-refractivity contribution < 1.29 is 89.1 Å². The number of aliphatic hydroxyl groups is 10. The van der Waals surface area contributed by atoms with Crippen LogP contribution in [0.25, 0.3) is 0 Å². The Hall–Kier alpha value is -1.70. The van der Waals surface area contributed by atoms with Crippen LogP contribution in [0.4, 0.5) is 0 Å². The van der Waals surface area contributed by atoms with E-state index in [1.807, 2.05) is 0 Å². The van der Waals surface area contributed by atoms with Crippen molar-refractivity contribution in [2.24, 2.45) is 0 Å². The van der Waals surface area contributed by atoms with Crippen molar-refractivity contribution in [1.82, 2.24) is 10.6 Å². The van der Waals surface area contributed by atoms with Crippen molar-refractivity contribution in [2.45, 2.75) is 126 Å². The second-order valence-corrected chi connectivity index (χ2v) is 11.4. The minimum absolute atomic E-state index is 0.490. The largest absolute Gasteiger partial charge is 0.394 e. The standard InChI is InChI=1S/C27H50N2O18/c1-10(44-25(41)15(36)9-42-27-23(40)22(39)20(37)17(7-32)46-27)16(6-31)45-26(14(5-30)28-12(3)34)47-24-18(8-33)43-11(2)19(21(24)38)29-13(4)35/h10-11,14-27,30-33,36-41H,5-9H2,1-4H3,(H,28,34)(H,29,35)/t10-,11?,14-,15+,16?,17+,18?,19?,20?,21?,22?,23?,24?,25?,26?,27-/m0/s1. The minimum Gasteiger partial charge on any atom is -0.394 e. The average molecular weight is 691 g/mol. The van der Waals surface area contributed by atoms with Crippen LogP contribution < -0.4 is 10.6 Å². The van der Waals surface area contributed by atoms with Gasteiger partial charge in [0.15, 0.2) is 18.9 Å². The van der Waals surface area contributed by atoms with Gasteiger partial charge in [0.2, 0.25) is 11.8 Å². The lowest BCUT2D eigenvalue weighted by atomic mass is 9.93. The van der Waals surface area contributed by atoms with Gasteiger partial charge in [-0.05, 0) is 13.8 Å². The Balaban J connectivity index is 2.15. The molecule has 2 amide bonds. The third-order valence-corrected chi connectivity index (χ3v) is 7.70. The molecule has 0 spiro atoms. The highest BCUT2D eigenvalue weighted by Crippen LogP contribution is 2.27. The smallest absolute Gasteiger partial charge is 0.217 e. The lowest BCUT2D eigenvalue weighted by Gasteiger charge is -2.45. The first-order valence-corrected chi connectivity index (χ1v) is 15.0. The normalized spacial score (nSPS) is 35.3. The number of nitrogens with one attached hydrogen (secondary N) is 2. The number of ether oxygens (including phenoxy) is 6. The van der Waals surface area contributed by atoms with Gasteiger partial charge >= 0.3 is 0 Å². The molecule has 2 heterocycles. The van der Waals surface area contributed by atoms with Gasteiger partial charge in [-0.25, -0.2) is 0 Å². The number of hydrogen-bond donors (Lipinski definition) is 12. The molecule has 20 nitrogen and oxygen atoms in total. The third kappa shape index (κ3) is 11.4. The molecule has 11 unspecified atom stereocenters. The van der Waals surface area contributed by atoms with Crippen LogP contribution in [-0.4, -0.2) is 194 Å². The van der Waals surface area contributed by atoms with Crippen molar-refractivity contribution in [2.75, 3.05) is 33.0 Å². The second-order valence-electron chi connectivity index (χ2n) is 11.4. The van der Waals surface area contributed by atoms with E-state index in [0.717, 1.165) is 6.92 Å². The van der Waals surface area contributed by atoms with Crippen molar-refractivity contribution in [1.29, 1.82) is 0 Å². The summed E-state index contributed by atoms with van der Waals surface area (Å²) in [6.45, 7) is 1.56. The van der Waals surface area contributed by atoms with Gasteiger partial charge in [0.1, 0.15) is 61.0 Å². The van der Waals surface area contributed by atoms with E-state index >= 15 is 0 Å². The van der Waals surface area contributed by atoms with E-state index in [2.05, 4.69) is 10.6 Å². The highest BCUT2D eigenvalue weighted by Gasteiger charge is 2.47. The number of aliphatic hydroxyl groups excluding tert-OH is 10. The first-order chi connectivity index (χ1) is 22.1. The van der Waals surface area contributed by atoms with Crippen LogP contribution in [0.1, 0.15) is 27.7 Å². The van der Waals surface area contributed by atoms with Gasteiger partial charge in [-0.15, -0.1) is 0 Å². The van der Waals surface area contributed by atoms with Crippen LogP contribution in [0.5, 0.6) is 0 Å². The zero-order valence-electron chi connectivity index (χ0n) is 26.5. The zero-order chi connectivity index (χ0) is 35.6. The van der Waals surface area contributed by atoms with Gasteiger partial charge < -0.3 is 90.1 Å². The van der Waals surface area contributed by atoms with Crippen LogP contribution in [0, 0.1) is 0 Å². The summed E-state index contributed by atoms with van der Waals surface area (Å²) < 4.78 is 33.2. The maximum absolute atomic E-state index is 11.9. The van der Waals surface area contributed by atoms with Crippen LogP contribution >= 0.6 is 0 Å². The molecule has 16 atom stereocenters. The van der Waals surface area contributed by atoms with E-state index in [9.17, 15) is 60.7 Å². The first-order valence-electron chi connectivity index (χ1n) is 15.0. The molecular weight excluding hydrogens is 640 g/mol. The predicted octanol–water partition coefficient (Wildman–Crippen LogP) is -6.88. The summed E-state index contributed by atoms with van der Waals surface area (Å²) in [6.07, 6.45) is -21.0. The second kappa shape index (κ2) is 19.5. The monoisotopic (exact) mass is 690 g/mol. The Kier molecular flexibility index (Phi) is 17.2. The maximum Gasteiger partial charge on any atom is 0.217 e. The molecule has 12 N–H and O–H groups in total. The summed E-state index contributed by atoms with van der Waals surface area (Å²) >= 11 is 0. The van der Waals surface area contributed by atoms with Crippen LogP contribution in [0.15, 0.2) is 0 Å². The Morgan fingerprint density at radius 1 is 0.830 bits per heavy atom. The molecule has 0 saturated carbocycles. The molecular formula is C27H50N2O18. The fourth-order valence-electron chi connectivity index (χ4n) is 5.08. The van der Waals surface area contributed by atoms with Crippen molar-refractivity contribution in [3.8, 4) is 0 Å². The predicted molar refractivity (Wildman–Crippen MR) is 153 cm³/mol. The van der Waals surface area contributed by atoms with Gasteiger partial charge in [-0.3, -0.25) is 9.59 Å². The van der Waals surface area contributed by atoms with E-state index in [-0.39, 0.29) is 0 Å². The Morgan fingerprint density at radius 2 is 1.47 bits per heavy atom. The molecule has 0 aliphatic carbocycles. The molecule has 2 fully saturated rings. The van der Waals surface area contributed by atoms with Gasteiger partial charge in [-0.1, -0.05) is 0 Å². The molecule has 0 bridgehead atoms. The molecule has 0 aromatic rings. The van der Waals surface area contributed by atoms with E-state index in [1.165, 1.54) is 13.8 Å². The maximum atomic E-state index is 11.9. The fourth-order valence-corrected chi connectivity index (χ4v) is 5.08. The summed E-state index contributed by atoms with van der Waals surface area (Å²) in [5.74, 6) is -1.11. The molecule has 2 rings (SSSR count). The molecule has 0 aromatic heterocycles. The Labute approximate surface area is 270 Å². The Morgan fingerprint density at radius 3 is 2.00 bits per heavy atom. The summed E-state index contributed by atoms with van der Waals surface area (Å²) in [6, 6.07) is -2.31. The van der Waals surface area contributed by atoms with Crippen LogP contribution in [0.2, 0.25) is 0 Å². The van der Waals surface area contributed by atoms with Crippen molar-refractivity contribution in [3.05, 3.63) is 0 Å². The summed E-state index contributed by atoms with van der Waals surface area (Å²) in [5, 5.41) is 106. The lowest BCUT2D eigenvalue weighted by molar-refractivity contribution is -0.313. The van der Waals surface area contributed by atoms with E-state index in [1.54, 1.807) is 6.92 Å². The van der Waals surface area contributed by atoms with Gasteiger partial charge in [-0.2, -0.15) is 0 Å². The summed E-state index contributed by atoms with van der Waals surface area (Å²) in [4.78, 5) is 23.6. The number of amides is 2. The molecule has 0 aromatic carbocycles. The van der Waals surface area contributed by atoms with E-state index < -0.39 is 143 Å². The molecule has 276 valence electrons. The average Bonchev–Trinajstić information content (AvgIpc) is 3.02. The lowest BCUT2D eigenvalue weighted by Crippen LogP contribution is -2.65. The highest BCUT2D eigenvalue weighted by atomic mass is 16.7. The van der Waals surface area contributed by atoms with Crippen molar-refractivity contribution in [3.63, 3.8) is 0 Å². The SMILES string of the molecule is CC(=O)NC1C(C)OC(CO)C(OC(OC(CO)[C@H](C)OC(O)[C@H](O)CO[C@H]2O[C@H](CO)C(O)C(O)C2O)[C@H](CO)NC(C)=O)C1O. The molecule has 2 aliphatic heterocycles. The fraction of sp³-hybridized carbons (Fsp3) is 0.926. The minimum atomic E-state index is -2.01. The van der Waals surface area contributed by atoms with Crippen LogP contribution in [0.3, 0.4) is 0 Å². The molecule has 20 heteroatoms. The van der Waals surface area contributed by atoms with Gasteiger partial charge in [0.25, 0.3) is 0 Å². The number of carbonyl (C=O) groups is 2. The molecule has 0 radical (unpaired) electrons. The number of hydrogen-bond acceptors (Lipinski definition) is 18. The highest BCUT2D eigenvalue weighted by molar-refractivity contribution is 5.73. The Bertz CT molecular complexity index is 949. The van der Waals surface area contributed by atoms with Crippen molar-refractivity contribution >= 4 is 11.8 Å².